The van der Waals surface area contributed by atoms with E-state index in [4.69, 9.17) is 21.1 Å². The lowest BCUT2D eigenvalue weighted by Gasteiger charge is -2.14. The van der Waals surface area contributed by atoms with Crippen molar-refractivity contribution in [3.8, 4) is 11.5 Å². The summed E-state index contributed by atoms with van der Waals surface area (Å²) in [6, 6.07) is 9.11. The maximum Gasteiger partial charge on any atom is 0.422 e. The zero-order chi connectivity index (χ0) is 22.3. The standard InChI is InChI=1S/C20H20ClF3N2O4/c1-12(27)25-16-10-14(21)5-6-15(16)26-19(28)8-4-13-3-7-17(18(9-13)29-2)30-11-20(22,23)24/h3,5-7,9-10H,4,8,11H2,1-2H3,(H,25,27)(H,26,28). The number of hydrogen-bond acceptors (Lipinski definition) is 4. The van der Waals surface area contributed by atoms with Crippen LogP contribution in [0.15, 0.2) is 36.4 Å². The Balaban J connectivity index is 2.00. The summed E-state index contributed by atoms with van der Waals surface area (Å²) in [6.45, 7) is -0.0924. The van der Waals surface area contributed by atoms with E-state index in [1.807, 2.05) is 0 Å². The van der Waals surface area contributed by atoms with Gasteiger partial charge >= 0.3 is 6.18 Å². The molecule has 0 fully saturated rings. The Bertz CT molecular complexity index is 919. The van der Waals surface area contributed by atoms with E-state index >= 15 is 0 Å². The Labute approximate surface area is 176 Å². The summed E-state index contributed by atoms with van der Waals surface area (Å²) >= 11 is 5.92. The number of benzene rings is 2. The topological polar surface area (TPSA) is 76.7 Å². The van der Waals surface area contributed by atoms with Crippen LogP contribution >= 0.6 is 11.6 Å². The molecule has 0 unspecified atom stereocenters. The monoisotopic (exact) mass is 444 g/mol. The smallest absolute Gasteiger partial charge is 0.422 e. The molecule has 0 saturated heterocycles. The number of amides is 2. The van der Waals surface area contributed by atoms with Gasteiger partial charge in [-0.3, -0.25) is 9.59 Å². The van der Waals surface area contributed by atoms with Gasteiger partial charge in [-0.25, -0.2) is 0 Å². The molecule has 0 aromatic heterocycles. The van der Waals surface area contributed by atoms with Gasteiger partial charge < -0.3 is 20.1 Å². The molecule has 2 amide bonds. The van der Waals surface area contributed by atoms with Gasteiger partial charge in [-0.05, 0) is 42.3 Å². The van der Waals surface area contributed by atoms with Crippen molar-refractivity contribution in [2.24, 2.45) is 0 Å². The molecule has 2 aromatic carbocycles. The molecule has 0 aliphatic rings. The van der Waals surface area contributed by atoms with Gasteiger partial charge in [0.2, 0.25) is 11.8 Å². The molecule has 0 aliphatic carbocycles. The Morgan fingerprint density at radius 3 is 2.40 bits per heavy atom. The Hall–Kier alpha value is -2.94. The predicted octanol–water partition coefficient (Wildman–Crippen LogP) is 4.82. The third-order valence-corrected chi connectivity index (χ3v) is 4.06. The van der Waals surface area contributed by atoms with Gasteiger partial charge in [0, 0.05) is 18.4 Å². The first-order chi connectivity index (χ1) is 14.1. The molecule has 0 bridgehead atoms. The molecule has 0 saturated carbocycles. The van der Waals surface area contributed by atoms with Gasteiger partial charge in [-0.2, -0.15) is 13.2 Å². The van der Waals surface area contributed by atoms with Crippen LogP contribution in [0.25, 0.3) is 0 Å². The summed E-state index contributed by atoms with van der Waals surface area (Å²) in [5, 5.41) is 5.69. The molecule has 10 heteroatoms. The minimum atomic E-state index is -4.46. The highest BCUT2D eigenvalue weighted by atomic mass is 35.5. The fourth-order valence-corrected chi connectivity index (χ4v) is 2.71. The summed E-state index contributed by atoms with van der Waals surface area (Å²) in [7, 11) is 1.32. The Kier molecular flexibility index (Phi) is 7.93. The van der Waals surface area contributed by atoms with E-state index in [0.29, 0.717) is 28.4 Å². The average Bonchev–Trinajstić information content (AvgIpc) is 2.66. The second-order valence-electron chi connectivity index (χ2n) is 6.31. The minimum absolute atomic E-state index is 0.0378. The van der Waals surface area contributed by atoms with Gasteiger partial charge in [0.15, 0.2) is 18.1 Å². The fourth-order valence-electron chi connectivity index (χ4n) is 2.54. The molecule has 30 heavy (non-hydrogen) atoms. The summed E-state index contributed by atoms with van der Waals surface area (Å²) in [6.07, 6.45) is -4.06. The van der Waals surface area contributed by atoms with Gasteiger partial charge in [0.1, 0.15) is 0 Å². The van der Waals surface area contributed by atoms with Gasteiger partial charge in [-0.15, -0.1) is 0 Å². The van der Waals surface area contributed by atoms with Crippen molar-refractivity contribution in [3.05, 3.63) is 47.0 Å². The Morgan fingerprint density at radius 1 is 1.03 bits per heavy atom. The van der Waals surface area contributed by atoms with Crippen molar-refractivity contribution in [1.29, 1.82) is 0 Å². The number of nitrogens with one attached hydrogen (secondary N) is 2. The quantitative estimate of drug-likeness (QED) is 0.612. The second kappa shape index (κ2) is 10.2. The van der Waals surface area contributed by atoms with Crippen molar-refractivity contribution in [3.63, 3.8) is 0 Å². The van der Waals surface area contributed by atoms with Crippen LogP contribution in [0.4, 0.5) is 24.5 Å². The van der Waals surface area contributed by atoms with E-state index in [2.05, 4.69) is 10.6 Å². The summed E-state index contributed by atoms with van der Waals surface area (Å²) in [4.78, 5) is 23.6. The van der Waals surface area contributed by atoms with Gasteiger partial charge in [0.25, 0.3) is 0 Å². The number of hydrogen-bond donors (Lipinski definition) is 2. The lowest BCUT2D eigenvalue weighted by Crippen LogP contribution is -2.19. The maximum atomic E-state index is 12.3. The molecule has 6 nitrogen and oxygen atoms in total. The van der Waals surface area contributed by atoms with Crippen LogP contribution in [0.1, 0.15) is 18.9 Å². The normalized spacial score (nSPS) is 11.0. The summed E-state index contributed by atoms with van der Waals surface area (Å²) in [5.41, 5.74) is 1.45. The van der Waals surface area contributed by atoms with Crippen LogP contribution in [0, 0.1) is 0 Å². The van der Waals surface area contributed by atoms with E-state index < -0.39 is 12.8 Å². The average molecular weight is 445 g/mol. The van der Waals surface area contributed by atoms with Gasteiger partial charge in [0.05, 0.1) is 18.5 Å². The fraction of sp³-hybridized carbons (Fsp3) is 0.300. The van der Waals surface area contributed by atoms with E-state index in [9.17, 15) is 22.8 Å². The van der Waals surface area contributed by atoms with Crippen molar-refractivity contribution < 1.29 is 32.2 Å². The second-order valence-corrected chi connectivity index (χ2v) is 6.74. The first-order valence-corrected chi connectivity index (χ1v) is 9.18. The minimum Gasteiger partial charge on any atom is -0.493 e. The van der Waals surface area contributed by atoms with Crippen molar-refractivity contribution in [2.75, 3.05) is 24.4 Å². The molecular formula is C20H20ClF3N2O4. The highest BCUT2D eigenvalue weighted by molar-refractivity contribution is 6.31. The van der Waals surface area contributed by atoms with E-state index in [0.717, 1.165) is 0 Å². The molecule has 0 heterocycles. The van der Waals surface area contributed by atoms with E-state index in [-0.39, 0.29) is 29.7 Å². The highest BCUT2D eigenvalue weighted by Gasteiger charge is 2.29. The molecule has 0 aliphatic heterocycles. The van der Waals surface area contributed by atoms with Crippen LogP contribution in [-0.4, -0.2) is 31.7 Å². The zero-order valence-corrected chi connectivity index (χ0v) is 17.0. The van der Waals surface area contributed by atoms with Crippen molar-refractivity contribution in [2.45, 2.75) is 25.9 Å². The molecule has 2 aromatic rings. The van der Waals surface area contributed by atoms with Crippen LogP contribution in [-0.2, 0) is 16.0 Å². The zero-order valence-electron chi connectivity index (χ0n) is 16.2. The number of methoxy groups -OCH3 is 1. The maximum absolute atomic E-state index is 12.3. The summed E-state index contributed by atoms with van der Waals surface area (Å²) in [5.74, 6) is -0.528. The molecular weight excluding hydrogens is 425 g/mol. The highest BCUT2D eigenvalue weighted by Crippen LogP contribution is 2.30. The number of carbonyl (C=O) groups is 2. The number of rotatable bonds is 8. The SMILES string of the molecule is COc1cc(CCC(=O)Nc2ccc(Cl)cc2NC(C)=O)ccc1OCC(F)(F)F. The van der Waals surface area contributed by atoms with Crippen molar-refractivity contribution in [1.82, 2.24) is 0 Å². The first kappa shape index (κ1) is 23.3. The van der Waals surface area contributed by atoms with E-state index in [1.165, 1.54) is 32.2 Å². The van der Waals surface area contributed by atoms with Crippen LogP contribution in [0.5, 0.6) is 11.5 Å². The molecule has 2 rings (SSSR count). The van der Waals surface area contributed by atoms with Gasteiger partial charge in [-0.1, -0.05) is 17.7 Å². The number of anilines is 2. The number of alkyl halides is 3. The van der Waals surface area contributed by atoms with Crippen LogP contribution in [0.3, 0.4) is 0 Å². The lowest BCUT2D eigenvalue weighted by atomic mass is 10.1. The Morgan fingerprint density at radius 2 is 1.77 bits per heavy atom. The van der Waals surface area contributed by atoms with Crippen LogP contribution < -0.4 is 20.1 Å². The third-order valence-electron chi connectivity index (χ3n) is 3.83. The number of halogens is 4. The third kappa shape index (κ3) is 7.47. The lowest BCUT2D eigenvalue weighted by molar-refractivity contribution is -0.153. The molecule has 2 N–H and O–H groups in total. The van der Waals surface area contributed by atoms with E-state index in [1.54, 1.807) is 18.2 Å². The number of ether oxygens (including phenoxy) is 2. The molecule has 0 atom stereocenters. The molecule has 0 radical (unpaired) electrons. The number of aryl methyl sites for hydroxylation is 1. The predicted molar refractivity (Wildman–Crippen MR) is 107 cm³/mol. The molecule has 162 valence electrons. The largest absolute Gasteiger partial charge is 0.493 e. The first-order valence-electron chi connectivity index (χ1n) is 8.81. The molecule has 0 spiro atoms. The van der Waals surface area contributed by atoms with Crippen LogP contribution in [0.2, 0.25) is 5.02 Å². The summed E-state index contributed by atoms with van der Waals surface area (Å²) < 4.78 is 46.8. The van der Waals surface area contributed by atoms with Crippen molar-refractivity contribution >= 4 is 34.8 Å². The number of carbonyl (C=O) groups excluding carboxylic acids is 2.